The number of nitrogens with one attached hydrogen (secondary N) is 1. The Labute approximate surface area is 172 Å². The zero-order valence-corrected chi connectivity index (χ0v) is 17.7. The number of benzene rings is 2. The maximum absolute atomic E-state index is 12.2. The second-order valence-electron chi connectivity index (χ2n) is 7.83. The third-order valence-corrected chi connectivity index (χ3v) is 4.80. The summed E-state index contributed by atoms with van der Waals surface area (Å²) in [4.78, 5) is 23.1. The molecule has 154 valence electrons. The number of carboxylic acids is 1. The summed E-state index contributed by atoms with van der Waals surface area (Å²) in [5, 5.41) is 11.9. The summed E-state index contributed by atoms with van der Waals surface area (Å²) in [5.41, 5.74) is 12.6. The molecule has 5 nitrogen and oxygen atoms in total. The molecule has 0 saturated heterocycles. The van der Waals surface area contributed by atoms with Crippen molar-refractivity contribution >= 4 is 18.0 Å². The summed E-state index contributed by atoms with van der Waals surface area (Å²) in [7, 11) is 0. The van der Waals surface area contributed by atoms with Gasteiger partial charge in [-0.3, -0.25) is 9.59 Å². The molecule has 1 unspecified atom stereocenters. The highest BCUT2D eigenvalue weighted by atomic mass is 16.4. The van der Waals surface area contributed by atoms with E-state index in [0.717, 1.165) is 33.4 Å². The van der Waals surface area contributed by atoms with Gasteiger partial charge in [-0.15, -0.1) is 0 Å². The van der Waals surface area contributed by atoms with Gasteiger partial charge < -0.3 is 16.2 Å². The van der Waals surface area contributed by atoms with Crippen molar-refractivity contribution in [3.05, 3.63) is 64.2 Å². The molecular formula is C24H30N2O3. The van der Waals surface area contributed by atoms with Crippen LogP contribution in [0.5, 0.6) is 0 Å². The van der Waals surface area contributed by atoms with E-state index in [1.807, 2.05) is 65.0 Å². The molecule has 0 aliphatic carbocycles. The van der Waals surface area contributed by atoms with Gasteiger partial charge in [-0.25, -0.2) is 0 Å². The number of aryl methyl sites for hydroxylation is 2. The molecule has 0 aromatic heterocycles. The summed E-state index contributed by atoms with van der Waals surface area (Å²) in [6.45, 7) is 9.78. The molecule has 1 atom stereocenters. The highest BCUT2D eigenvalue weighted by Gasteiger charge is 2.13. The third kappa shape index (κ3) is 6.03. The Kier molecular flexibility index (Phi) is 7.35. The van der Waals surface area contributed by atoms with Gasteiger partial charge in [0.25, 0.3) is 0 Å². The van der Waals surface area contributed by atoms with Gasteiger partial charge in [-0.2, -0.15) is 0 Å². The van der Waals surface area contributed by atoms with Gasteiger partial charge in [0.2, 0.25) is 5.91 Å². The normalized spacial score (nSPS) is 12.7. The zero-order valence-electron chi connectivity index (χ0n) is 17.7. The van der Waals surface area contributed by atoms with Crippen LogP contribution in [-0.2, 0) is 16.0 Å². The molecule has 0 aliphatic rings. The van der Waals surface area contributed by atoms with E-state index < -0.39 is 12.0 Å². The van der Waals surface area contributed by atoms with E-state index in [9.17, 15) is 9.59 Å². The SMILES string of the molecule is CC(=Cc1cc(C)c(-c2ccc(CC(N)C(=O)O)cc2)cc1C)C(=O)NC(C)C. The zero-order chi connectivity index (χ0) is 21.7. The van der Waals surface area contributed by atoms with Gasteiger partial charge >= 0.3 is 5.97 Å². The van der Waals surface area contributed by atoms with Crippen LogP contribution in [-0.4, -0.2) is 29.1 Å². The Morgan fingerprint density at radius 1 is 1.10 bits per heavy atom. The number of rotatable bonds is 7. The van der Waals surface area contributed by atoms with Crippen LogP contribution in [0.2, 0.25) is 0 Å². The highest BCUT2D eigenvalue weighted by Crippen LogP contribution is 2.28. The van der Waals surface area contributed by atoms with Crippen molar-refractivity contribution in [1.82, 2.24) is 5.32 Å². The van der Waals surface area contributed by atoms with Crippen LogP contribution >= 0.6 is 0 Å². The lowest BCUT2D eigenvalue weighted by Gasteiger charge is -2.13. The average Bonchev–Trinajstić information content (AvgIpc) is 2.64. The third-order valence-electron chi connectivity index (χ3n) is 4.80. The van der Waals surface area contributed by atoms with Crippen molar-refractivity contribution in [2.45, 2.75) is 53.1 Å². The van der Waals surface area contributed by atoms with Crippen LogP contribution in [0.25, 0.3) is 17.2 Å². The molecule has 4 N–H and O–H groups in total. The number of hydrogen-bond acceptors (Lipinski definition) is 3. The molecule has 29 heavy (non-hydrogen) atoms. The molecule has 0 spiro atoms. The second kappa shape index (κ2) is 9.52. The van der Waals surface area contributed by atoms with Crippen LogP contribution in [0.15, 0.2) is 42.0 Å². The quantitative estimate of drug-likeness (QED) is 0.622. The lowest BCUT2D eigenvalue weighted by atomic mass is 9.93. The Morgan fingerprint density at radius 2 is 1.72 bits per heavy atom. The minimum Gasteiger partial charge on any atom is -0.480 e. The number of amides is 1. The van der Waals surface area contributed by atoms with Gasteiger partial charge in [-0.1, -0.05) is 36.4 Å². The Hall–Kier alpha value is -2.92. The number of carbonyl (C=O) groups excluding carboxylic acids is 1. The van der Waals surface area contributed by atoms with E-state index in [0.29, 0.717) is 12.0 Å². The fourth-order valence-corrected chi connectivity index (χ4v) is 3.14. The molecule has 2 aromatic carbocycles. The molecule has 0 bridgehead atoms. The summed E-state index contributed by atoms with van der Waals surface area (Å²) in [6, 6.07) is 11.2. The summed E-state index contributed by atoms with van der Waals surface area (Å²) in [6.07, 6.45) is 2.22. The number of aliphatic carboxylic acids is 1. The van der Waals surface area contributed by atoms with Crippen molar-refractivity contribution in [3.63, 3.8) is 0 Å². The average molecular weight is 395 g/mol. The van der Waals surface area contributed by atoms with Gasteiger partial charge in [0.05, 0.1) is 0 Å². The minimum absolute atomic E-state index is 0.0590. The van der Waals surface area contributed by atoms with Crippen LogP contribution < -0.4 is 11.1 Å². The molecule has 0 radical (unpaired) electrons. The number of nitrogens with two attached hydrogens (primary N) is 1. The second-order valence-corrected chi connectivity index (χ2v) is 7.83. The van der Waals surface area contributed by atoms with Gasteiger partial charge in [0.1, 0.15) is 6.04 Å². The highest BCUT2D eigenvalue weighted by molar-refractivity contribution is 5.97. The van der Waals surface area contributed by atoms with Crippen LogP contribution in [0, 0.1) is 13.8 Å². The van der Waals surface area contributed by atoms with Crippen molar-refractivity contribution in [2.24, 2.45) is 5.73 Å². The molecule has 0 heterocycles. The largest absolute Gasteiger partial charge is 0.480 e. The molecule has 2 rings (SSSR count). The lowest BCUT2D eigenvalue weighted by molar-refractivity contribution is -0.138. The van der Waals surface area contributed by atoms with E-state index in [4.69, 9.17) is 10.8 Å². The first-order valence-electron chi connectivity index (χ1n) is 9.76. The van der Waals surface area contributed by atoms with E-state index in [1.165, 1.54) is 0 Å². The van der Waals surface area contributed by atoms with Crippen molar-refractivity contribution < 1.29 is 14.7 Å². The van der Waals surface area contributed by atoms with Crippen molar-refractivity contribution in [2.75, 3.05) is 0 Å². The van der Waals surface area contributed by atoms with Crippen molar-refractivity contribution in [1.29, 1.82) is 0 Å². The molecule has 5 heteroatoms. The van der Waals surface area contributed by atoms with Crippen LogP contribution in [0.3, 0.4) is 0 Å². The van der Waals surface area contributed by atoms with E-state index in [1.54, 1.807) is 0 Å². The smallest absolute Gasteiger partial charge is 0.320 e. The van der Waals surface area contributed by atoms with Crippen LogP contribution in [0.1, 0.15) is 43.0 Å². The van der Waals surface area contributed by atoms with Gasteiger partial charge in [0.15, 0.2) is 0 Å². The predicted octanol–water partition coefficient (Wildman–Crippen LogP) is 3.85. The van der Waals surface area contributed by atoms with Crippen molar-refractivity contribution in [3.8, 4) is 11.1 Å². The maximum atomic E-state index is 12.2. The van der Waals surface area contributed by atoms with Gasteiger partial charge in [0, 0.05) is 11.6 Å². The topological polar surface area (TPSA) is 92.4 Å². The van der Waals surface area contributed by atoms with Gasteiger partial charge in [-0.05, 0) is 80.5 Å². The van der Waals surface area contributed by atoms with E-state index in [-0.39, 0.29) is 11.9 Å². The molecular weight excluding hydrogens is 364 g/mol. The number of hydrogen-bond donors (Lipinski definition) is 3. The van der Waals surface area contributed by atoms with E-state index >= 15 is 0 Å². The maximum Gasteiger partial charge on any atom is 0.320 e. The summed E-state index contributed by atoms with van der Waals surface area (Å²) >= 11 is 0. The lowest BCUT2D eigenvalue weighted by Crippen LogP contribution is -2.32. The Bertz CT molecular complexity index is 928. The Morgan fingerprint density at radius 3 is 2.28 bits per heavy atom. The summed E-state index contributed by atoms with van der Waals surface area (Å²) < 4.78 is 0. The number of carbonyl (C=O) groups is 2. The summed E-state index contributed by atoms with van der Waals surface area (Å²) in [5.74, 6) is -1.06. The first-order chi connectivity index (χ1) is 13.6. The molecule has 0 fully saturated rings. The first kappa shape index (κ1) is 22.4. The standard InChI is InChI=1S/C24H30N2O3/c1-14(2)26-23(27)17(5)11-20-10-16(4)21(12-15(20)3)19-8-6-18(7-9-19)13-22(25)24(28)29/h6-12,14,22H,13,25H2,1-5H3,(H,26,27)(H,28,29). The molecule has 1 amide bonds. The first-order valence-corrected chi connectivity index (χ1v) is 9.76. The number of carboxylic acid groups (broad SMARTS) is 1. The minimum atomic E-state index is -0.999. The fraction of sp³-hybridized carbons (Fsp3) is 0.333. The van der Waals surface area contributed by atoms with E-state index in [2.05, 4.69) is 17.4 Å². The molecule has 0 aliphatic heterocycles. The predicted molar refractivity (Wildman–Crippen MR) is 118 cm³/mol. The van der Waals surface area contributed by atoms with Crippen LogP contribution in [0.4, 0.5) is 0 Å². The fourth-order valence-electron chi connectivity index (χ4n) is 3.14. The Balaban J connectivity index is 2.27. The monoisotopic (exact) mass is 394 g/mol. The molecule has 0 saturated carbocycles. The molecule has 2 aromatic rings.